The van der Waals surface area contributed by atoms with E-state index >= 15 is 0 Å². The van der Waals surface area contributed by atoms with Gasteiger partial charge in [-0.15, -0.1) is 0 Å². The van der Waals surface area contributed by atoms with Crippen molar-refractivity contribution in [1.82, 2.24) is 14.8 Å². The second-order valence-corrected chi connectivity index (χ2v) is 9.15. The summed E-state index contributed by atoms with van der Waals surface area (Å²) in [5, 5.41) is 1.33. The Balaban J connectivity index is 1.76. The highest BCUT2D eigenvalue weighted by Gasteiger charge is 2.19. The van der Waals surface area contributed by atoms with Gasteiger partial charge >= 0.3 is 0 Å². The summed E-state index contributed by atoms with van der Waals surface area (Å²) < 4.78 is 13.3. The van der Waals surface area contributed by atoms with Crippen LogP contribution in [0, 0.1) is 5.82 Å². The zero-order valence-corrected chi connectivity index (χ0v) is 20.7. The van der Waals surface area contributed by atoms with Gasteiger partial charge in [-0.2, -0.15) is 0 Å². The Kier molecular flexibility index (Phi) is 7.93. The second-order valence-electron chi connectivity index (χ2n) is 9.15. The lowest BCUT2D eigenvalue weighted by Gasteiger charge is -2.19. The highest BCUT2D eigenvalue weighted by Crippen LogP contribution is 2.20. The summed E-state index contributed by atoms with van der Waals surface area (Å²) in [7, 11) is 3.77. The third-order valence-electron chi connectivity index (χ3n) is 6.19. The van der Waals surface area contributed by atoms with Gasteiger partial charge in [-0.05, 0) is 48.5 Å². The number of fused-ring (bicyclic) bond motifs is 1. The van der Waals surface area contributed by atoms with Crippen LogP contribution < -0.4 is 22.0 Å². The fraction of sp³-hybridized carbons (Fsp3) is 0.241. The molecule has 1 amide bonds. The third-order valence-corrected chi connectivity index (χ3v) is 6.19. The third kappa shape index (κ3) is 5.87. The first kappa shape index (κ1) is 25.3. The van der Waals surface area contributed by atoms with E-state index in [0.717, 1.165) is 29.8 Å². The first-order valence-corrected chi connectivity index (χ1v) is 12.0. The lowest BCUT2D eigenvalue weighted by Crippen LogP contribution is -2.41. The molecule has 4 rings (SSSR count). The molecule has 0 radical (unpaired) electrons. The molecule has 0 spiro atoms. The molecule has 0 unspecified atom stereocenters. The van der Waals surface area contributed by atoms with Gasteiger partial charge in [-0.3, -0.25) is 4.79 Å². The Morgan fingerprint density at radius 3 is 2.58 bits per heavy atom. The summed E-state index contributed by atoms with van der Waals surface area (Å²) in [6.07, 6.45) is 6.31. The summed E-state index contributed by atoms with van der Waals surface area (Å²) in [6.45, 7) is 2.51. The number of pyridine rings is 1. The topological polar surface area (TPSA) is 88.5 Å². The predicted molar refractivity (Wildman–Crippen MR) is 142 cm³/mol. The summed E-state index contributed by atoms with van der Waals surface area (Å²) in [6, 6.07) is 16.2. The number of aromatic nitrogens is 1. The minimum atomic E-state index is -0.307. The smallest absolute Gasteiger partial charge is 0.254 e. The van der Waals surface area contributed by atoms with Crippen molar-refractivity contribution < 1.29 is 9.18 Å². The van der Waals surface area contributed by atoms with Crippen LogP contribution in [0.4, 0.5) is 4.39 Å². The van der Waals surface area contributed by atoms with E-state index in [9.17, 15) is 9.18 Å². The quantitative estimate of drug-likeness (QED) is 0.512. The number of hydrogen-bond acceptors (Lipinski definition) is 5. The molecule has 1 heterocycles. The van der Waals surface area contributed by atoms with Crippen molar-refractivity contribution in [1.29, 1.82) is 0 Å². The molecular formula is C29H32FN5O. The maximum atomic E-state index is 13.7. The van der Waals surface area contributed by atoms with Crippen molar-refractivity contribution in [3.8, 4) is 11.3 Å². The van der Waals surface area contributed by atoms with Crippen LogP contribution in [0.25, 0.3) is 23.0 Å². The molecule has 1 aromatic heterocycles. The molecule has 6 nitrogen and oxygen atoms in total. The minimum absolute atomic E-state index is 0.170. The van der Waals surface area contributed by atoms with Crippen LogP contribution in [-0.4, -0.2) is 47.9 Å². The first-order chi connectivity index (χ1) is 17.4. The van der Waals surface area contributed by atoms with E-state index in [4.69, 9.17) is 16.5 Å². The molecule has 0 bridgehead atoms. The van der Waals surface area contributed by atoms with Crippen LogP contribution >= 0.6 is 0 Å². The zero-order valence-electron chi connectivity index (χ0n) is 20.7. The Morgan fingerprint density at radius 1 is 1.06 bits per heavy atom. The largest absolute Gasteiger partial charge is 0.401 e. The van der Waals surface area contributed by atoms with Crippen molar-refractivity contribution in [3.63, 3.8) is 0 Å². The van der Waals surface area contributed by atoms with Crippen LogP contribution in [-0.2, 0) is 13.1 Å². The van der Waals surface area contributed by atoms with Crippen LogP contribution in [0.5, 0.6) is 0 Å². The van der Waals surface area contributed by atoms with Crippen molar-refractivity contribution in [3.05, 3.63) is 99.8 Å². The van der Waals surface area contributed by atoms with E-state index in [-0.39, 0.29) is 11.7 Å². The highest BCUT2D eigenvalue weighted by atomic mass is 19.1. The van der Waals surface area contributed by atoms with E-state index in [2.05, 4.69) is 17.0 Å². The molecule has 7 heteroatoms. The molecular weight excluding hydrogens is 453 g/mol. The molecule has 0 atom stereocenters. The van der Waals surface area contributed by atoms with Crippen LogP contribution in [0.15, 0.2) is 66.7 Å². The molecule has 4 N–H and O–H groups in total. The summed E-state index contributed by atoms with van der Waals surface area (Å²) >= 11 is 0. The number of halogens is 1. The number of benzene rings is 2. The van der Waals surface area contributed by atoms with Gasteiger partial charge in [0.05, 0.1) is 16.6 Å². The number of amides is 1. The molecule has 0 aliphatic heterocycles. The summed E-state index contributed by atoms with van der Waals surface area (Å²) in [5.41, 5.74) is 16.8. The van der Waals surface area contributed by atoms with E-state index in [0.29, 0.717) is 47.0 Å². The number of allylic oxidation sites excluding steroid dienone is 1. The first-order valence-electron chi connectivity index (χ1n) is 12.0. The van der Waals surface area contributed by atoms with Crippen molar-refractivity contribution in [2.45, 2.75) is 19.5 Å². The maximum absolute atomic E-state index is 13.7. The molecule has 1 aliphatic carbocycles. The average molecular weight is 486 g/mol. The Morgan fingerprint density at radius 2 is 1.83 bits per heavy atom. The lowest BCUT2D eigenvalue weighted by molar-refractivity contribution is 0.0783. The van der Waals surface area contributed by atoms with Gasteiger partial charge in [0.2, 0.25) is 0 Å². The number of likely N-dealkylation sites (N-methyl/N-ethyl adjacent to an activating group) is 1. The van der Waals surface area contributed by atoms with Crippen molar-refractivity contribution in [2.24, 2.45) is 11.5 Å². The molecule has 0 saturated carbocycles. The normalized spacial score (nSPS) is 12.8. The average Bonchev–Trinajstić information content (AvgIpc) is 3.06. The molecule has 0 fully saturated rings. The Bertz CT molecular complexity index is 1400. The predicted octanol–water partition coefficient (Wildman–Crippen LogP) is 2.36. The standard InChI is InChI=1S/C29H32FN5O/c1-34(15-14-31)18-21-6-5-7-22(16-21)27-17-24(28-25(32)8-3-4-9-26(28)33-27)29(36)35(2)19-20-10-12-23(30)13-11-20/h3-7,9-13,16-17H,8,14-15,18-19,31-32H2,1-2H3. The van der Waals surface area contributed by atoms with E-state index in [1.807, 2.05) is 43.5 Å². The fourth-order valence-electron chi connectivity index (χ4n) is 4.38. The van der Waals surface area contributed by atoms with Gasteiger partial charge in [0.25, 0.3) is 5.91 Å². The SMILES string of the molecule is CN(CCN)Cc1cccc(-c2cc(C(=O)N(C)Cc3ccc(F)cc3)c3c(n2)=CC=CCC=3N)c1. The molecule has 1 aliphatic rings. The van der Waals surface area contributed by atoms with E-state index in [1.54, 1.807) is 24.1 Å². The van der Waals surface area contributed by atoms with Crippen molar-refractivity contribution in [2.75, 3.05) is 27.2 Å². The molecule has 36 heavy (non-hydrogen) atoms. The molecule has 0 saturated heterocycles. The van der Waals surface area contributed by atoms with Crippen LogP contribution in [0.3, 0.4) is 0 Å². The Hall–Kier alpha value is -3.81. The van der Waals surface area contributed by atoms with Gasteiger partial charge < -0.3 is 21.3 Å². The van der Waals surface area contributed by atoms with Gasteiger partial charge in [0.15, 0.2) is 0 Å². The van der Waals surface area contributed by atoms with E-state index < -0.39 is 0 Å². The lowest BCUT2D eigenvalue weighted by atomic mass is 10.0. The van der Waals surface area contributed by atoms with Gasteiger partial charge in [-0.1, -0.05) is 42.5 Å². The number of nitrogens with two attached hydrogens (primary N) is 2. The number of carbonyl (C=O) groups excluding carboxylic acids is 1. The molecule has 3 aromatic rings. The van der Waals surface area contributed by atoms with Gasteiger partial charge in [0.1, 0.15) is 5.82 Å². The van der Waals surface area contributed by atoms with Crippen molar-refractivity contribution >= 4 is 17.7 Å². The fourth-order valence-corrected chi connectivity index (χ4v) is 4.38. The summed E-state index contributed by atoms with van der Waals surface area (Å²) in [4.78, 5) is 22.4. The second kappa shape index (κ2) is 11.3. The zero-order chi connectivity index (χ0) is 25.7. The van der Waals surface area contributed by atoms with Crippen LogP contribution in [0.2, 0.25) is 0 Å². The molecule has 2 aromatic carbocycles. The number of hydrogen-bond donors (Lipinski definition) is 2. The highest BCUT2D eigenvalue weighted by molar-refractivity contribution is 5.96. The number of nitrogens with zero attached hydrogens (tertiary/aromatic N) is 3. The number of carbonyl (C=O) groups is 1. The summed E-state index contributed by atoms with van der Waals surface area (Å²) in [5.74, 6) is -0.477. The molecule has 186 valence electrons. The van der Waals surface area contributed by atoms with Crippen LogP contribution in [0.1, 0.15) is 27.9 Å². The maximum Gasteiger partial charge on any atom is 0.254 e. The van der Waals surface area contributed by atoms with E-state index in [1.165, 1.54) is 12.1 Å². The van der Waals surface area contributed by atoms with Gasteiger partial charge in [-0.25, -0.2) is 9.37 Å². The van der Waals surface area contributed by atoms with Gasteiger partial charge in [0, 0.05) is 56.1 Å². The minimum Gasteiger partial charge on any atom is -0.401 e. The number of rotatable bonds is 8. The Labute approximate surface area is 211 Å². The monoisotopic (exact) mass is 485 g/mol.